The normalized spacial score (nSPS) is 13.6. The molecule has 1 aliphatic heterocycles. The van der Waals surface area contributed by atoms with Gasteiger partial charge in [0.1, 0.15) is 0 Å². The Hall–Kier alpha value is -2.76. The predicted molar refractivity (Wildman–Crippen MR) is 58.4 cm³/mol. The van der Waals surface area contributed by atoms with Gasteiger partial charge < -0.3 is 9.47 Å². The fourth-order valence-electron chi connectivity index (χ4n) is 1.59. The Balaban J connectivity index is 2.16. The smallest absolute Gasteiger partial charge is 0.345 e. The van der Waals surface area contributed by atoms with Crippen LogP contribution in [0.25, 0.3) is 0 Å². The van der Waals surface area contributed by atoms with Crippen molar-refractivity contribution in [3.8, 4) is 11.6 Å². The quantitative estimate of drug-likeness (QED) is 0.646. The van der Waals surface area contributed by atoms with Crippen molar-refractivity contribution in [3.05, 3.63) is 47.7 Å². The molecule has 1 aromatic carbocycles. The minimum Gasteiger partial charge on any atom is -0.417 e. The van der Waals surface area contributed by atoms with Crippen molar-refractivity contribution in [2.75, 3.05) is 0 Å². The second-order valence-corrected chi connectivity index (χ2v) is 3.53. The topological polar surface area (TPSA) is 78.4 Å². The van der Waals surface area contributed by atoms with Crippen molar-refractivity contribution >= 4 is 11.9 Å². The molecule has 1 aliphatic rings. The van der Waals surface area contributed by atoms with Gasteiger partial charge in [0.05, 0.1) is 17.3 Å². The van der Waals surface area contributed by atoms with Gasteiger partial charge in [-0.3, -0.25) is 0 Å². The van der Waals surface area contributed by atoms with E-state index < -0.39 is 11.9 Å². The number of nitrogens with zero attached hydrogens (tertiary/aromatic N) is 2. The van der Waals surface area contributed by atoms with E-state index in [9.17, 15) is 9.59 Å². The van der Waals surface area contributed by atoms with Gasteiger partial charge in [0, 0.05) is 6.07 Å². The van der Waals surface area contributed by atoms with Gasteiger partial charge in [-0.05, 0) is 12.1 Å². The summed E-state index contributed by atoms with van der Waals surface area (Å²) in [5.74, 6) is -1.34. The Kier molecular flexibility index (Phi) is 2.26. The Bertz CT molecular complexity index is 598. The second-order valence-electron chi connectivity index (χ2n) is 3.53. The zero-order chi connectivity index (χ0) is 12.5. The van der Waals surface area contributed by atoms with E-state index in [1.807, 2.05) is 0 Å². The standard InChI is InChI=1S/C12H6N2O4/c15-11-7-3-1-2-4-8(7)12(16)18-10-9(17-11)5-6-13-14-10/h1-6H. The highest BCUT2D eigenvalue weighted by Gasteiger charge is 2.26. The number of aromatic nitrogens is 2. The molecule has 0 fully saturated rings. The van der Waals surface area contributed by atoms with Crippen LogP contribution < -0.4 is 9.47 Å². The van der Waals surface area contributed by atoms with Crippen LogP contribution in [-0.4, -0.2) is 22.1 Å². The van der Waals surface area contributed by atoms with E-state index in [-0.39, 0.29) is 22.8 Å². The fraction of sp³-hybridized carbons (Fsp3) is 0. The molecular formula is C12H6N2O4. The van der Waals surface area contributed by atoms with Gasteiger partial charge >= 0.3 is 11.9 Å². The number of fused-ring (bicyclic) bond motifs is 2. The Labute approximate surface area is 101 Å². The van der Waals surface area contributed by atoms with Gasteiger partial charge in [-0.15, -0.1) is 5.10 Å². The first-order valence-corrected chi connectivity index (χ1v) is 5.11. The molecule has 6 nitrogen and oxygen atoms in total. The minimum atomic E-state index is -0.663. The van der Waals surface area contributed by atoms with Crippen LogP contribution in [-0.2, 0) is 0 Å². The molecular weight excluding hydrogens is 236 g/mol. The van der Waals surface area contributed by atoms with Crippen molar-refractivity contribution in [3.63, 3.8) is 0 Å². The largest absolute Gasteiger partial charge is 0.417 e. The SMILES string of the molecule is O=C1Oc2ccnnc2OC(=O)c2ccccc21. The Morgan fingerprint density at radius 1 is 0.889 bits per heavy atom. The minimum absolute atomic E-state index is 0.0675. The summed E-state index contributed by atoms with van der Waals surface area (Å²) in [7, 11) is 0. The Morgan fingerprint density at radius 2 is 1.56 bits per heavy atom. The zero-order valence-electron chi connectivity index (χ0n) is 8.99. The van der Waals surface area contributed by atoms with Gasteiger partial charge in [-0.1, -0.05) is 12.1 Å². The summed E-state index contributed by atoms with van der Waals surface area (Å²) in [6.07, 6.45) is 1.34. The molecule has 0 saturated heterocycles. The molecule has 18 heavy (non-hydrogen) atoms. The number of hydrogen-bond acceptors (Lipinski definition) is 6. The predicted octanol–water partition coefficient (Wildman–Crippen LogP) is 1.23. The first-order chi connectivity index (χ1) is 8.75. The molecule has 1 aromatic heterocycles. The summed E-state index contributed by atoms with van der Waals surface area (Å²) in [6.45, 7) is 0. The summed E-state index contributed by atoms with van der Waals surface area (Å²) < 4.78 is 10.1. The second kappa shape index (κ2) is 3.92. The molecule has 0 radical (unpaired) electrons. The monoisotopic (exact) mass is 242 g/mol. The number of ether oxygens (including phenoxy) is 2. The van der Waals surface area contributed by atoms with E-state index in [1.165, 1.54) is 24.4 Å². The molecule has 0 amide bonds. The van der Waals surface area contributed by atoms with E-state index in [4.69, 9.17) is 9.47 Å². The number of rotatable bonds is 0. The number of hydrogen-bond donors (Lipinski definition) is 0. The summed E-state index contributed by atoms with van der Waals surface area (Å²) in [5, 5.41) is 7.18. The molecule has 0 N–H and O–H groups in total. The van der Waals surface area contributed by atoms with Crippen LogP contribution in [0, 0.1) is 0 Å². The van der Waals surface area contributed by atoms with E-state index in [2.05, 4.69) is 10.2 Å². The molecule has 2 aromatic rings. The highest BCUT2D eigenvalue weighted by Crippen LogP contribution is 2.27. The lowest BCUT2D eigenvalue weighted by Gasteiger charge is -2.14. The molecule has 0 atom stereocenters. The van der Waals surface area contributed by atoms with E-state index in [0.717, 1.165) is 0 Å². The van der Waals surface area contributed by atoms with Crippen molar-refractivity contribution < 1.29 is 19.1 Å². The van der Waals surface area contributed by atoms with Gasteiger partial charge in [-0.2, -0.15) is 5.10 Å². The van der Waals surface area contributed by atoms with Crippen molar-refractivity contribution in [2.45, 2.75) is 0 Å². The molecule has 6 heteroatoms. The lowest BCUT2D eigenvalue weighted by Crippen LogP contribution is -2.21. The van der Waals surface area contributed by atoms with Gasteiger partial charge in [0.2, 0.25) is 0 Å². The average Bonchev–Trinajstić information content (AvgIpc) is 2.39. The molecule has 0 saturated carbocycles. The van der Waals surface area contributed by atoms with Crippen LogP contribution in [0.1, 0.15) is 20.7 Å². The van der Waals surface area contributed by atoms with Gasteiger partial charge in [0.15, 0.2) is 5.75 Å². The third-order valence-electron chi connectivity index (χ3n) is 2.41. The average molecular weight is 242 g/mol. The Morgan fingerprint density at radius 3 is 2.28 bits per heavy atom. The maximum atomic E-state index is 11.9. The number of esters is 2. The number of carbonyl (C=O) groups is 2. The molecule has 0 spiro atoms. The van der Waals surface area contributed by atoms with Crippen LogP contribution in [0.5, 0.6) is 11.6 Å². The van der Waals surface area contributed by atoms with E-state index in [1.54, 1.807) is 12.1 Å². The van der Waals surface area contributed by atoms with Crippen molar-refractivity contribution in [2.24, 2.45) is 0 Å². The molecule has 3 rings (SSSR count). The number of carbonyl (C=O) groups excluding carboxylic acids is 2. The lowest BCUT2D eigenvalue weighted by atomic mass is 10.1. The first kappa shape index (κ1) is 10.4. The van der Waals surface area contributed by atoms with Crippen LogP contribution >= 0.6 is 0 Å². The van der Waals surface area contributed by atoms with E-state index in [0.29, 0.717) is 0 Å². The molecule has 0 bridgehead atoms. The van der Waals surface area contributed by atoms with Gasteiger partial charge in [-0.25, -0.2) is 9.59 Å². The van der Waals surface area contributed by atoms with Crippen molar-refractivity contribution in [1.82, 2.24) is 10.2 Å². The maximum absolute atomic E-state index is 11.9. The third kappa shape index (κ3) is 1.60. The first-order valence-electron chi connectivity index (χ1n) is 5.11. The molecule has 2 heterocycles. The molecule has 0 unspecified atom stereocenters. The lowest BCUT2D eigenvalue weighted by molar-refractivity contribution is 0.0639. The summed E-state index contributed by atoms with van der Waals surface area (Å²) in [6, 6.07) is 7.66. The summed E-state index contributed by atoms with van der Waals surface area (Å²) >= 11 is 0. The van der Waals surface area contributed by atoms with Crippen LogP contribution in [0.3, 0.4) is 0 Å². The summed E-state index contributed by atoms with van der Waals surface area (Å²) in [5.41, 5.74) is 0.295. The van der Waals surface area contributed by atoms with E-state index >= 15 is 0 Å². The maximum Gasteiger partial charge on any atom is 0.345 e. The number of benzene rings is 1. The van der Waals surface area contributed by atoms with Crippen LogP contribution in [0.15, 0.2) is 36.5 Å². The highest BCUT2D eigenvalue weighted by atomic mass is 16.6. The molecule has 0 aliphatic carbocycles. The van der Waals surface area contributed by atoms with Crippen LogP contribution in [0.4, 0.5) is 0 Å². The zero-order valence-corrected chi connectivity index (χ0v) is 8.99. The highest BCUT2D eigenvalue weighted by molar-refractivity contribution is 6.05. The van der Waals surface area contributed by atoms with Crippen LogP contribution in [0.2, 0.25) is 0 Å². The molecule has 88 valence electrons. The van der Waals surface area contributed by atoms with Crippen molar-refractivity contribution in [1.29, 1.82) is 0 Å². The van der Waals surface area contributed by atoms with Gasteiger partial charge in [0.25, 0.3) is 5.88 Å². The third-order valence-corrected chi connectivity index (χ3v) is 2.41. The summed E-state index contributed by atoms with van der Waals surface area (Å²) in [4.78, 5) is 23.8. The fourth-order valence-corrected chi connectivity index (χ4v) is 1.59.